The lowest BCUT2D eigenvalue weighted by Gasteiger charge is -2.28. The van der Waals surface area contributed by atoms with Gasteiger partial charge in [-0.1, -0.05) is 29.4 Å². The van der Waals surface area contributed by atoms with E-state index in [9.17, 15) is 9.59 Å². The Morgan fingerprint density at radius 1 is 0.972 bits per heavy atom. The van der Waals surface area contributed by atoms with Crippen molar-refractivity contribution in [1.29, 1.82) is 0 Å². The maximum atomic E-state index is 12.8. The van der Waals surface area contributed by atoms with Crippen molar-refractivity contribution < 1.29 is 23.6 Å². The molecule has 3 rings (SSSR count). The van der Waals surface area contributed by atoms with Gasteiger partial charge in [-0.05, 0) is 75.2 Å². The molecule has 0 spiro atoms. The third-order valence-corrected chi connectivity index (χ3v) is 5.08. The summed E-state index contributed by atoms with van der Waals surface area (Å²) in [5.41, 5.74) is 0.930. The molecule has 0 aliphatic carbocycles. The Morgan fingerprint density at radius 3 is 2.22 bits per heavy atom. The summed E-state index contributed by atoms with van der Waals surface area (Å²) in [5, 5.41) is 4.05. The van der Waals surface area contributed by atoms with Gasteiger partial charge >= 0.3 is 12.1 Å². The van der Waals surface area contributed by atoms with Crippen LogP contribution in [0.1, 0.15) is 53.5 Å². The molecule has 192 valence electrons. The minimum Gasteiger partial charge on any atom is -0.460 e. The Bertz CT molecular complexity index is 1180. The number of hydrogen-bond donors (Lipinski definition) is 0. The van der Waals surface area contributed by atoms with Crippen LogP contribution in [0.2, 0.25) is 0 Å². The van der Waals surface area contributed by atoms with Crippen LogP contribution in [0.15, 0.2) is 51.6 Å². The average Bonchev–Trinajstić information content (AvgIpc) is 3.25. The molecule has 36 heavy (non-hydrogen) atoms. The van der Waals surface area contributed by atoms with Crippen LogP contribution in [-0.2, 0) is 20.8 Å². The molecule has 2 heterocycles. The summed E-state index contributed by atoms with van der Waals surface area (Å²) < 4.78 is 17.1. The van der Waals surface area contributed by atoms with Gasteiger partial charge < -0.3 is 18.9 Å². The van der Waals surface area contributed by atoms with Gasteiger partial charge in [0.1, 0.15) is 16.9 Å². The molecule has 0 aliphatic rings. The molecule has 0 unspecified atom stereocenters. The first-order valence-corrected chi connectivity index (χ1v) is 12.3. The predicted molar refractivity (Wildman–Crippen MR) is 138 cm³/mol. The maximum Gasteiger partial charge on any atom is 0.410 e. The molecule has 0 N–H and O–H groups in total. The number of pyridine rings is 1. The van der Waals surface area contributed by atoms with Crippen LogP contribution >= 0.6 is 15.9 Å². The number of nitrogens with zero attached hydrogens (tertiary/aromatic N) is 4. The Labute approximate surface area is 219 Å². The van der Waals surface area contributed by atoms with Crippen LogP contribution < -0.4 is 0 Å². The lowest BCUT2D eigenvalue weighted by molar-refractivity contribution is -0.155. The zero-order valence-corrected chi connectivity index (χ0v) is 23.0. The van der Waals surface area contributed by atoms with E-state index >= 15 is 0 Å². The number of carbonyl (C=O) groups excluding carboxylic acids is 2. The fraction of sp³-hybridized carbons (Fsp3) is 0.423. The monoisotopic (exact) mass is 558 g/mol. The molecule has 0 saturated carbocycles. The van der Waals surface area contributed by atoms with E-state index in [4.69, 9.17) is 14.0 Å². The van der Waals surface area contributed by atoms with Gasteiger partial charge in [-0.25, -0.2) is 9.78 Å². The highest BCUT2D eigenvalue weighted by Gasteiger charge is 2.24. The molecule has 0 atom stereocenters. The summed E-state index contributed by atoms with van der Waals surface area (Å²) in [6.07, 6.45) is 1.22. The molecule has 1 aromatic carbocycles. The molecule has 0 bridgehead atoms. The highest BCUT2D eigenvalue weighted by atomic mass is 79.9. The topological polar surface area (TPSA) is 108 Å². The van der Waals surface area contributed by atoms with Gasteiger partial charge in [-0.2, -0.15) is 4.98 Å². The van der Waals surface area contributed by atoms with E-state index in [0.717, 1.165) is 15.6 Å². The van der Waals surface area contributed by atoms with E-state index in [2.05, 4.69) is 31.1 Å². The van der Waals surface area contributed by atoms with E-state index in [1.165, 1.54) is 4.90 Å². The fourth-order valence-electron chi connectivity index (χ4n) is 3.11. The highest BCUT2D eigenvalue weighted by molar-refractivity contribution is 9.10. The van der Waals surface area contributed by atoms with Crippen molar-refractivity contribution in [1.82, 2.24) is 20.0 Å². The van der Waals surface area contributed by atoms with Gasteiger partial charge in [0.2, 0.25) is 5.82 Å². The number of ether oxygens (including phenoxy) is 2. The maximum absolute atomic E-state index is 12.8. The summed E-state index contributed by atoms with van der Waals surface area (Å²) in [6, 6.07) is 11.1. The van der Waals surface area contributed by atoms with Crippen LogP contribution in [0.25, 0.3) is 23.0 Å². The third kappa shape index (κ3) is 8.44. The molecule has 10 heteroatoms. The van der Waals surface area contributed by atoms with Gasteiger partial charge in [0.15, 0.2) is 0 Å². The number of amides is 1. The van der Waals surface area contributed by atoms with Crippen molar-refractivity contribution in [3.05, 3.63) is 52.6 Å². The van der Waals surface area contributed by atoms with E-state index < -0.39 is 17.3 Å². The standard InChI is InChI=1S/C26H31BrN4O5/c1-25(2,3)34-21(32)13-14-31(24(33)35-26(4,5)6)16-17-7-9-18(10-8-17)22-29-23(36-30-22)20-12-11-19(27)15-28-20/h7-12,15H,13-14,16H2,1-6H3. The van der Waals surface area contributed by atoms with Gasteiger partial charge in [-0.15, -0.1) is 0 Å². The normalized spacial score (nSPS) is 11.8. The SMILES string of the molecule is CC(C)(C)OC(=O)CCN(Cc1ccc(-c2noc(-c3ccc(Br)cn3)n2)cc1)C(=O)OC(C)(C)C. The number of hydrogen-bond acceptors (Lipinski definition) is 8. The zero-order valence-electron chi connectivity index (χ0n) is 21.4. The molecule has 0 radical (unpaired) electrons. The largest absolute Gasteiger partial charge is 0.460 e. The second-order valence-electron chi connectivity index (χ2n) is 10.2. The Hall–Kier alpha value is -3.27. The molecule has 9 nitrogen and oxygen atoms in total. The Morgan fingerprint density at radius 2 is 1.64 bits per heavy atom. The lowest BCUT2D eigenvalue weighted by atomic mass is 10.1. The Kier molecular flexibility index (Phi) is 8.50. The van der Waals surface area contributed by atoms with Crippen molar-refractivity contribution >= 4 is 28.0 Å². The summed E-state index contributed by atoms with van der Waals surface area (Å²) in [4.78, 5) is 35.2. The van der Waals surface area contributed by atoms with Crippen molar-refractivity contribution in [2.24, 2.45) is 0 Å². The second-order valence-corrected chi connectivity index (χ2v) is 11.1. The van der Waals surface area contributed by atoms with Crippen LogP contribution in [0.5, 0.6) is 0 Å². The fourth-order valence-corrected chi connectivity index (χ4v) is 3.34. The number of halogens is 1. The highest BCUT2D eigenvalue weighted by Crippen LogP contribution is 2.23. The number of carbonyl (C=O) groups is 2. The Balaban J connectivity index is 1.71. The van der Waals surface area contributed by atoms with Crippen LogP contribution in [0, 0.1) is 0 Å². The summed E-state index contributed by atoms with van der Waals surface area (Å²) in [5.74, 6) is 0.370. The van der Waals surface area contributed by atoms with E-state index in [0.29, 0.717) is 17.4 Å². The number of benzene rings is 1. The number of aromatic nitrogens is 3. The molecular weight excluding hydrogens is 528 g/mol. The molecule has 0 aliphatic heterocycles. The molecule has 0 saturated heterocycles. The summed E-state index contributed by atoms with van der Waals surface area (Å²) >= 11 is 3.35. The van der Waals surface area contributed by atoms with Gasteiger partial charge in [0, 0.05) is 29.3 Å². The third-order valence-electron chi connectivity index (χ3n) is 4.62. The van der Waals surface area contributed by atoms with Crippen molar-refractivity contribution in [3.63, 3.8) is 0 Å². The van der Waals surface area contributed by atoms with Crippen LogP contribution in [0.3, 0.4) is 0 Å². The summed E-state index contributed by atoms with van der Waals surface area (Å²) in [7, 11) is 0. The first-order valence-electron chi connectivity index (χ1n) is 11.5. The zero-order chi connectivity index (χ0) is 26.5. The minimum absolute atomic E-state index is 0.0598. The van der Waals surface area contributed by atoms with Crippen LogP contribution in [0.4, 0.5) is 4.79 Å². The van der Waals surface area contributed by atoms with E-state index in [1.807, 2.05) is 30.3 Å². The van der Waals surface area contributed by atoms with Crippen LogP contribution in [-0.4, -0.2) is 49.8 Å². The minimum atomic E-state index is -0.662. The average molecular weight is 559 g/mol. The molecular formula is C26H31BrN4O5. The van der Waals surface area contributed by atoms with Gasteiger partial charge in [0.05, 0.1) is 6.42 Å². The van der Waals surface area contributed by atoms with Crippen molar-refractivity contribution in [3.8, 4) is 23.0 Å². The van der Waals surface area contributed by atoms with Crippen molar-refractivity contribution in [2.75, 3.05) is 6.54 Å². The first kappa shape index (κ1) is 27.3. The number of esters is 1. The quantitative estimate of drug-likeness (QED) is 0.323. The molecule has 2 aromatic heterocycles. The predicted octanol–water partition coefficient (Wildman–Crippen LogP) is 6.03. The van der Waals surface area contributed by atoms with E-state index in [-0.39, 0.29) is 25.5 Å². The second kappa shape index (κ2) is 11.2. The van der Waals surface area contributed by atoms with Gasteiger partial charge in [-0.3, -0.25) is 4.79 Å². The van der Waals surface area contributed by atoms with E-state index in [1.54, 1.807) is 53.8 Å². The van der Waals surface area contributed by atoms with Gasteiger partial charge in [0.25, 0.3) is 5.89 Å². The first-order chi connectivity index (χ1) is 16.8. The summed E-state index contributed by atoms with van der Waals surface area (Å²) in [6.45, 7) is 11.2. The smallest absolute Gasteiger partial charge is 0.410 e. The van der Waals surface area contributed by atoms with Crippen molar-refractivity contribution in [2.45, 2.75) is 65.7 Å². The number of rotatable bonds is 7. The molecule has 0 fully saturated rings. The molecule has 3 aromatic rings. The molecule has 1 amide bonds. The lowest BCUT2D eigenvalue weighted by Crippen LogP contribution is -2.38.